The molecule has 70 heavy (non-hydrogen) atoms. The minimum Gasteiger partial charge on any atom is -0.308 e. The predicted molar refractivity (Wildman–Crippen MR) is 234 cm³/mol. The van der Waals surface area contributed by atoms with Crippen LogP contribution in [0.15, 0.2) is 140 Å². The van der Waals surface area contributed by atoms with Crippen molar-refractivity contribution in [2.45, 2.75) is 24.7 Å². The van der Waals surface area contributed by atoms with E-state index in [1.807, 2.05) is 12.1 Å². The molecule has 0 spiro atoms. The largest absolute Gasteiger partial charge is 0.416 e. The second kappa shape index (κ2) is 15.9. The Hall–Kier alpha value is -8.71. The fourth-order valence-corrected chi connectivity index (χ4v) is 8.56. The van der Waals surface area contributed by atoms with E-state index in [9.17, 15) is 63.2 Å². The van der Waals surface area contributed by atoms with Crippen LogP contribution in [0.5, 0.6) is 0 Å². The van der Waals surface area contributed by atoms with Crippen molar-refractivity contribution in [3.05, 3.63) is 173 Å². The Morgan fingerprint density at radius 2 is 0.671 bits per heavy atom. The molecule has 0 unspecified atom stereocenters. The van der Waals surface area contributed by atoms with Crippen LogP contribution < -0.4 is 0 Å². The van der Waals surface area contributed by atoms with E-state index in [4.69, 9.17) is 15.0 Å². The van der Waals surface area contributed by atoms with Gasteiger partial charge < -0.3 is 9.13 Å². The van der Waals surface area contributed by atoms with E-state index in [0.29, 0.717) is 5.56 Å². The zero-order chi connectivity index (χ0) is 49.7. The maximum atomic E-state index is 14.1. The SMILES string of the molecule is N#Cc1ccc(-n2c3ccc(C(F)(F)F)cc3c3cc(C(F)(F)F)ccc32)c(-c2nc(-c3ccccc3)nc(-c3cc(C#N)ccc3-n3c4ccc(C(F)(F)F)cc4c4cc(C(F)(F)F)ccc43)n2)c1. The average molecular weight is 962 g/mol. The maximum absolute atomic E-state index is 14.1. The number of halogens is 12. The zero-order valence-corrected chi connectivity index (χ0v) is 34.9. The maximum Gasteiger partial charge on any atom is 0.416 e. The van der Waals surface area contributed by atoms with Gasteiger partial charge in [0.2, 0.25) is 0 Å². The summed E-state index contributed by atoms with van der Waals surface area (Å²) < 4.78 is 172. The Labute approximate surface area is 385 Å². The van der Waals surface area contributed by atoms with E-state index in [1.54, 1.807) is 30.3 Å². The molecule has 0 saturated heterocycles. The molecule has 0 amide bonds. The van der Waals surface area contributed by atoms with Gasteiger partial charge in [0, 0.05) is 38.2 Å². The molecule has 0 aliphatic rings. The summed E-state index contributed by atoms with van der Waals surface area (Å²) in [6, 6.07) is 31.0. The number of benzene rings is 7. The topological polar surface area (TPSA) is 96.1 Å². The van der Waals surface area contributed by atoms with E-state index in [0.717, 1.165) is 72.8 Å². The zero-order valence-electron chi connectivity index (χ0n) is 34.9. The molecule has 0 saturated carbocycles. The lowest BCUT2D eigenvalue weighted by atomic mass is 10.1. The van der Waals surface area contributed by atoms with Crippen molar-refractivity contribution < 1.29 is 52.7 Å². The van der Waals surface area contributed by atoms with Crippen molar-refractivity contribution >= 4 is 43.6 Å². The number of alkyl halides is 12. The number of nitrogens with zero attached hydrogens (tertiary/aromatic N) is 7. The molecule has 3 aromatic heterocycles. The monoisotopic (exact) mass is 961 g/mol. The van der Waals surface area contributed by atoms with Crippen LogP contribution in [0.4, 0.5) is 52.7 Å². The minimum atomic E-state index is -4.88. The van der Waals surface area contributed by atoms with Gasteiger partial charge in [0.15, 0.2) is 17.5 Å². The summed E-state index contributed by atoms with van der Waals surface area (Å²) in [7, 11) is 0. The number of rotatable bonds is 5. The molecule has 7 nitrogen and oxygen atoms in total. The molecule has 346 valence electrons. The predicted octanol–water partition coefficient (Wildman–Crippen LogP) is 14.9. The lowest BCUT2D eigenvalue weighted by Crippen LogP contribution is -2.07. The van der Waals surface area contributed by atoms with E-state index < -0.39 is 47.0 Å². The second-order valence-electron chi connectivity index (χ2n) is 15.9. The van der Waals surface area contributed by atoms with Crippen LogP contribution in [0.1, 0.15) is 33.4 Å². The van der Waals surface area contributed by atoms with Gasteiger partial charge in [-0.1, -0.05) is 30.3 Å². The molecule has 0 radical (unpaired) electrons. The van der Waals surface area contributed by atoms with Gasteiger partial charge in [0.25, 0.3) is 0 Å². The van der Waals surface area contributed by atoms with Crippen molar-refractivity contribution in [3.8, 4) is 57.7 Å². The first kappa shape index (κ1) is 45.1. The summed E-state index contributed by atoms with van der Waals surface area (Å²) >= 11 is 0. The summed E-state index contributed by atoms with van der Waals surface area (Å²) in [5.74, 6) is -0.434. The van der Waals surface area contributed by atoms with Gasteiger partial charge in [0.1, 0.15) is 0 Å². The molecule has 0 N–H and O–H groups in total. The average Bonchev–Trinajstić information content (AvgIpc) is 3.84. The third kappa shape index (κ3) is 7.74. The van der Waals surface area contributed by atoms with Crippen LogP contribution in [0.3, 0.4) is 0 Å². The third-order valence-electron chi connectivity index (χ3n) is 11.7. The van der Waals surface area contributed by atoms with Gasteiger partial charge in [0.05, 0.1) is 79.0 Å². The Morgan fingerprint density at radius 3 is 0.971 bits per heavy atom. The van der Waals surface area contributed by atoms with Crippen LogP contribution >= 0.6 is 0 Å². The Morgan fingerprint density at radius 1 is 0.357 bits per heavy atom. The Kier molecular flexibility index (Phi) is 10.3. The molecular formula is C51H23F12N7. The quantitative estimate of drug-likeness (QED) is 0.160. The highest BCUT2D eigenvalue weighted by atomic mass is 19.4. The standard InChI is InChI=1S/C51H23F12N7/c52-48(53,54)29-8-14-39-33(20-29)34-21-30(49(55,56)57)9-15-40(34)69(39)43-12-6-26(24-64)18-37(43)46-66-45(28-4-2-1-3-5-28)67-47(68-46)38-19-27(25-65)7-13-44(38)70-41-16-10-31(50(58,59)60)22-35(41)36-23-32(51(61,62)63)11-17-42(36)70/h1-23H. The highest BCUT2D eigenvalue weighted by Crippen LogP contribution is 2.44. The van der Waals surface area contributed by atoms with Crippen LogP contribution in [-0.4, -0.2) is 24.1 Å². The van der Waals surface area contributed by atoms with E-state index in [-0.39, 0.29) is 94.7 Å². The minimum absolute atomic E-state index is 0.0210. The number of fused-ring (bicyclic) bond motifs is 6. The number of hydrogen-bond acceptors (Lipinski definition) is 5. The molecule has 0 aliphatic heterocycles. The summed E-state index contributed by atoms with van der Waals surface area (Å²) in [6.45, 7) is 0. The van der Waals surface area contributed by atoms with Crippen molar-refractivity contribution in [3.63, 3.8) is 0 Å². The normalized spacial score (nSPS) is 12.5. The summed E-state index contributed by atoms with van der Waals surface area (Å²) in [6.07, 6.45) is -19.5. The van der Waals surface area contributed by atoms with E-state index in [1.165, 1.54) is 45.5 Å². The molecule has 0 fully saturated rings. The van der Waals surface area contributed by atoms with Crippen LogP contribution in [0.25, 0.3) is 89.2 Å². The molecule has 0 aliphatic carbocycles. The fourth-order valence-electron chi connectivity index (χ4n) is 8.56. The molecule has 3 heterocycles. The highest BCUT2D eigenvalue weighted by Gasteiger charge is 2.36. The number of hydrogen-bond donors (Lipinski definition) is 0. The molecular weight excluding hydrogens is 939 g/mol. The van der Waals surface area contributed by atoms with Gasteiger partial charge in [-0.15, -0.1) is 0 Å². The van der Waals surface area contributed by atoms with Gasteiger partial charge >= 0.3 is 24.7 Å². The first-order valence-electron chi connectivity index (χ1n) is 20.5. The first-order valence-corrected chi connectivity index (χ1v) is 20.5. The fraction of sp³-hybridized carbons (Fsp3) is 0.0784. The van der Waals surface area contributed by atoms with Gasteiger partial charge in [-0.05, 0) is 109 Å². The van der Waals surface area contributed by atoms with E-state index in [2.05, 4.69) is 0 Å². The third-order valence-corrected chi connectivity index (χ3v) is 11.7. The summed E-state index contributed by atoms with van der Waals surface area (Å²) in [4.78, 5) is 14.4. The van der Waals surface area contributed by atoms with Crippen LogP contribution in [-0.2, 0) is 24.7 Å². The Balaban J connectivity index is 1.28. The van der Waals surface area contributed by atoms with Gasteiger partial charge in [-0.2, -0.15) is 63.2 Å². The number of nitriles is 2. The highest BCUT2D eigenvalue weighted by molar-refractivity contribution is 6.11. The smallest absolute Gasteiger partial charge is 0.308 e. The second-order valence-corrected chi connectivity index (χ2v) is 15.9. The van der Waals surface area contributed by atoms with Crippen molar-refractivity contribution in [2.75, 3.05) is 0 Å². The van der Waals surface area contributed by atoms with E-state index >= 15 is 0 Å². The van der Waals surface area contributed by atoms with Crippen molar-refractivity contribution in [2.24, 2.45) is 0 Å². The summed E-state index contributed by atoms with van der Waals surface area (Å²) in [5, 5.41) is 19.6. The summed E-state index contributed by atoms with van der Waals surface area (Å²) in [5.41, 5.74) is -3.76. The Bertz CT molecular complexity index is 3500. The molecule has 10 rings (SSSR count). The molecule has 19 heteroatoms. The van der Waals surface area contributed by atoms with Crippen molar-refractivity contribution in [1.82, 2.24) is 24.1 Å². The van der Waals surface area contributed by atoms with Crippen LogP contribution in [0, 0.1) is 22.7 Å². The lowest BCUT2D eigenvalue weighted by molar-refractivity contribution is -0.138. The van der Waals surface area contributed by atoms with Crippen molar-refractivity contribution in [1.29, 1.82) is 10.5 Å². The van der Waals surface area contributed by atoms with Crippen LogP contribution in [0.2, 0.25) is 0 Å². The lowest BCUT2D eigenvalue weighted by Gasteiger charge is -2.17. The molecule has 10 aromatic rings. The first-order chi connectivity index (χ1) is 33.1. The number of aromatic nitrogens is 5. The molecule has 7 aromatic carbocycles. The van der Waals surface area contributed by atoms with Gasteiger partial charge in [-0.25, -0.2) is 15.0 Å². The molecule has 0 atom stereocenters. The van der Waals surface area contributed by atoms with Gasteiger partial charge in [-0.3, -0.25) is 0 Å². The molecule has 0 bridgehead atoms.